The van der Waals surface area contributed by atoms with Crippen molar-refractivity contribution in [2.45, 2.75) is 17.6 Å². The molecule has 88 valence electrons. The fourth-order valence-corrected chi connectivity index (χ4v) is 3.59. The molecule has 1 N–H and O–H groups in total. The average molecular weight is 265 g/mol. The predicted molar refractivity (Wildman–Crippen MR) is 68.6 cm³/mol. The molecule has 1 aromatic carbocycles. The molecule has 0 fully saturated rings. The smallest absolute Gasteiger partial charge is 0.159 e. The number of thiazole rings is 1. The van der Waals surface area contributed by atoms with Crippen LogP contribution in [0.3, 0.4) is 0 Å². The van der Waals surface area contributed by atoms with Crippen molar-refractivity contribution >= 4 is 23.1 Å². The first-order valence-corrected chi connectivity index (χ1v) is 7.11. The zero-order chi connectivity index (χ0) is 11.7. The molecule has 2 heterocycles. The van der Waals surface area contributed by atoms with Crippen LogP contribution in [0.2, 0.25) is 0 Å². The number of ether oxygens (including phenoxy) is 1. The van der Waals surface area contributed by atoms with Crippen LogP contribution in [0.5, 0.6) is 5.75 Å². The van der Waals surface area contributed by atoms with Crippen LogP contribution in [0, 0.1) is 0 Å². The second-order valence-corrected chi connectivity index (χ2v) is 5.90. The molecule has 0 bridgehead atoms. The van der Waals surface area contributed by atoms with Gasteiger partial charge in [-0.05, 0) is 12.1 Å². The van der Waals surface area contributed by atoms with Crippen molar-refractivity contribution < 1.29 is 9.84 Å². The minimum Gasteiger partial charge on any atom is -0.481 e. The van der Waals surface area contributed by atoms with E-state index in [1.165, 1.54) is 16.2 Å². The van der Waals surface area contributed by atoms with Crippen molar-refractivity contribution in [1.29, 1.82) is 0 Å². The summed E-state index contributed by atoms with van der Waals surface area (Å²) in [6, 6.07) is 8.04. The Morgan fingerprint density at radius 1 is 1.41 bits per heavy atom. The summed E-state index contributed by atoms with van der Waals surface area (Å²) in [5.41, 5.74) is 0. The van der Waals surface area contributed by atoms with Crippen LogP contribution < -0.4 is 4.74 Å². The minimum absolute atomic E-state index is 0.000185. The van der Waals surface area contributed by atoms with Crippen LogP contribution in [0.1, 0.15) is 16.0 Å². The first kappa shape index (κ1) is 11.1. The molecule has 0 saturated carbocycles. The van der Waals surface area contributed by atoms with Crippen LogP contribution >= 0.6 is 23.1 Å². The highest BCUT2D eigenvalue weighted by atomic mass is 32.2. The molecule has 1 aromatic heterocycles. The molecule has 2 aromatic rings. The topological polar surface area (TPSA) is 42.4 Å². The van der Waals surface area contributed by atoms with Gasteiger partial charge in [0.15, 0.2) is 6.10 Å². The molecule has 1 aliphatic rings. The Labute approximate surface area is 107 Å². The average Bonchev–Trinajstić information content (AvgIpc) is 2.87. The van der Waals surface area contributed by atoms with Gasteiger partial charge in [-0.2, -0.15) is 0 Å². The van der Waals surface area contributed by atoms with Gasteiger partial charge < -0.3 is 9.84 Å². The summed E-state index contributed by atoms with van der Waals surface area (Å²) in [5, 5.41) is 9.97. The van der Waals surface area contributed by atoms with E-state index < -0.39 is 0 Å². The molecule has 0 radical (unpaired) electrons. The Morgan fingerprint density at radius 2 is 2.29 bits per heavy atom. The molecule has 0 saturated heterocycles. The Morgan fingerprint density at radius 3 is 3.12 bits per heavy atom. The van der Waals surface area contributed by atoms with Crippen molar-refractivity contribution in [2.75, 3.05) is 5.75 Å². The van der Waals surface area contributed by atoms with E-state index in [-0.39, 0.29) is 12.7 Å². The summed E-state index contributed by atoms with van der Waals surface area (Å²) in [6.45, 7) is 0.0497. The fraction of sp³-hybridized carbons (Fsp3) is 0.250. The van der Waals surface area contributed by atoms with Gasteiger partial charge in [0.2, 0.25) is 0 Å². The second kappa shape index (κ2) is 4.68. The number of aromatic nitrogens is 1. The van der Waals surface area contributed by atoms with Gasteiger partial charge in [0.25, 0.3) is 0 Å². The van der Waals surface area contributed by atoms with E-state index in [2.05, 4.69) is 11.1 Å². The van der Waals surface area contributed by atoms with Crippen LogP contribution in [-0.4, -0.2) is 15.8 Å². The molecule has 1 aliphatic heterocycles. The lowest BCUT2D eigenvalue weighted by Gasteiger charge is -2.23. The van der Waals surface area contributed by atoms with Crippen LogP contribution in [0.15, 0.2) is 35.4 Å². The molecule has 1 unspecified atom stereocenters. The third kappa shape index (κ3) is 2.18. The van der Waals surface area contributed by atoms with Gasteiger partial charge in [-0.1, -0.05) is 12.1 Å². The highest BCUT2D eigenvalue weighted by Crippen LogP contribution is 2.40. The maximum Gasteiger partial charge on any atom is 0.159 e. The first-order valence-electron chi connectivity index (χ1n) is 5.31. The molecular weight excluding hydrogens is 254 g/mol. The quantitative estimate of drug-likeness (QED) is 0.906. The number of benzene rings is 1. The summed E-state index contributed by atoms with van der Waals surface area (Å²) < 4.78 is 5.92. The predicted octanol–water partition coefficient (Wildman–Crippen LogP) is 2.86. The summed E-state index contributed by atoms with van der Waals surface area (Å²) in [4.78, 5) is 6.37. The van der Waals surface area contributed by atoms with Gasteiger partial charge in [-0.3, -0.25) is 0 Å². The van der Waals surface area contributed by atoms with Gasteiger partial charge in [0.05, 0.1) is 11.5 Å². The minimum atomic E-state index is 0.000185. The molecule has 1 atom stereocenters. The first-order chi connectivity index (χ1) is 8.36. The van der Waals surface area contributed by atoms with E-state index in [1.54, 1.807) is 18.0 Å². The maximum absolute atomic E-state index is 9.03. The summed E-state index contributed by atoms with van der Waals surface area (Å²) in [6.07, 6.45) is 1.72. The number of aliphatic hydroxyl groups excluding tert-OH is 1. The summed E-state index contributed by atoms with van der Waals surface area (Å²) in [7, 11) is 0. The van der Waals surface area contributed by atoms with Crippen molar-refractivity contribution in [1.82, 2.24) is 4.98 Å². The molecule has 3 nitrogen and oxygen atoms in total. The standard InChI is InChI=1S/C12H11NO2S2/c14-6-8-5-13-12(17-8)10-7-16-11-4-2-1-3-9(11)15-10/h1-5,10,14H,6-7H2. The molecule has 17 heavy (non-hydrogen) atoms. The lowest BCUT2D eigenvalue weighted by molar-refractivity contribution is 0.220. The second-order valence-electron chi connectivity index (χ2n) is 3.69. The Bertz CT molecular complexity index is 527. The van der Waals surface area contributed by atoms with E-state index >= 15 is 0 Å². The van der Waals surface area contributed by atoms with Gasteiger partial charge in [0.1, 0.15) is 10.8 Å². The summed E-state index contributed by atoms with van der Waals surface area (Å²) in [5.74, 6) is 1.80. The van der Waals surface area contributed by atoms with Crippen molar-refractivity contribution in [3.63, 3.8) is 0 Å². The van der Waals surface area contributed by atoms with Crippen LogP contribution in [0.25, 0.3) is 0 Å². The summed E-state index contributed by atoms with van der Waals surface area (Å²) >= 11 is 3.30. The lowest BCUT2D eigenvalue weighted by Crippen LogP contribution is -2.14. The molecule has 0 amide bonds. The molecular formula is C12H11NO2S2. The zero-order valence-electron chi connectivity index (χ0n) is 9.00. The number of nitrogens with zero attached hydrogens (tertiary/aromatic N) is 1. The van der Waals surface area contributed by atoms with Crippen LogP contribution in [0.4, 0.5) is 0 Å². The molecule has 3 rings (SSSR count). The van der Waals surface area contributed by atoms with Crippen LogP contribution in [-0.2, 0) is 6.61 Å². The molecule has 0 aliphatic carbocycles. The normalized spacial score (nSPS) is 18.5. The number of hydrogen-bond donors (Lipinski definition) is 1. The highest BCUT2D eigenvalue weighted by Gasteiger charge is 2.23. The number of rotatable bonds is 2. The third-order valence-corrected chi connectivity index (χ3v) is 4.70. The van der Waals surface area contributed by atoms with E-state index in [0.717, 1.165) is 21.4 Å². The van der Waals surface area contributed by atoms with Gasteiger partial charge in [0, 0.05) is 16.8 Å². The largest absolute Gasteiger partial charge is 0.481 e. The van der Waals surface area contributed by atoms with E-state index in [0.29, 0.717) is 0 Å². The number of hydrogen-bond acceptors (Lipinski definition) is 5. The maximum atomic E-state index is 9.03. The van der Waals surface area contributed by atoms with Crippen molar-refractivity contribution in [3.05, 3.63) is 40.3 Å². The number of para-hydroxylation sites is 1. The number of fused-ring (bicyclic) bond motifs is 1. The SMILES string of the molecule is OCc1cnc(C2CSc3ccccc3O2)s1. The van der Waals surface area contributed by atoms with Crippen molar-refractivity contribution in [2.24, 2.45) is 0 Å². The van der Waals surface area contributed by atoms with E-state index in [1.807, 2.05) is 18.2 Å². The lowest BCUT2D eigenvalue weighted by atomic mass is 10.3. The Hall–Kier alpha value is -1.04. The Balaban J connectivity index is 1.84. The Kier molecular flexibility index (Phi) is 3.05. The molecule has 5 heteroatoms. The number of thioether (sulfide) groups is 1. The zero-order valence-corrected chi connectivity index (χ0v) is 10.6. The van der Waals surface area contributed by atoms with Gasteiger partial charge in [-0.15, -0.1) is 23.1 Å². The van der Waals surface area contributed by atoms with E-state index in [4.69, 9.17) is 9.84 Å². The van der Waals surface area contributed by atoms with Gasteiger partial charge >= 0.3 is 0 Å². The van der Waals surface area contributed by atoms with Gasteiger partial charge in [-0.25, -0.2) is 4.98 Å². The highest BCUT2D eigenvalue weighted by molar-refractivity contribution is 7.99. The van der Waals surface area contributed by atoms with E-state index in [9.17, 15) is 0 Å². The fourth-order valence-electron chi connectivity index (χ4n) is 1.69. The number of aliphatic hydroxyl groups is 1. The monoisotopic (exact) mass is 265 g/mol. The molecule has 0 spiro atoms. The van der Waals surface area contributed by atoms with Crippen molar-refractivity contribution in [3.8, 4) is 5.75 Å². The third-order valence-electron chi connectivity index (χ3n) is 2.51.